The summed E-state index contributed by atoms with van der Waals surface area (Å²) in [5.41, 5.74) is 6.96. The Hall–Kier alpha value is -1.59. The highest BCUT2D eigenvalue weighted by atomic mass is 16.5. The molecule has 1 amide bonds. The molecule has 0 bridgehead atoms. The SMILES string of the molecule is CCOCCN1CCN(c2ccc(C(N)=O)cc2)CC1. The van der Waals surface area contributed by atoms with Crippen molar-refractivity contribution in [2.24, 2.45) is 5.73 Å². The minimum absolute atomic E-state index is 0.378. The van der Waals surface area contributed by atoms with Crippen molar-refractivity contribution in [1.29, 1.82) is 0 Å². The molecule has 5 heteroatoms. The molecule has 1 aromatic rings. The molecule has 0 saturated carbocycles. The van der Waals surface area contributed by atoms with E-state index in [0.717, 1.165) is 51.6 Å². The number of hydrogen-bond donors (Lipinski definition) is 1. The predicted octanol–water partition coefficient (Wildman–Crippen LogP) is 0.944. The fraction of sp³-hybridized carbons (Fsp3) is 0.533. The van der Waals surface area contributed by atoms with Gasteiger partial charge in [0, 0.05) is 50.6 Å². The fourth-order valence-electron chi connectivity index (χ4n) is 2.40. The first kappa shape index (κ1) is 14.8. The molecule has 1 heterocycles. The summed E-state index contributed by atoms with van der Waals surface area (Å²) in [6.07, 6.45) is 0. The lowest BCUT2D eigenvalue weighted by molar-refractivity contribution is 0.100. The van der Waals surface area contributed by atoms with Crippen LogP contribution in [0.3, 0.4) is 0 Å². The summed E-state index contributed by atoms with van der Waals surface area (Å²) < 4.78 is 5.38. The summed E-state index contributed by atoms with van der Waals surface area (Å²) in [5, 5.41) is 0. The maximum Gasteiger partial charge on any atom is 0.248 e. The van der Waals surface area contributed by atoms with Gasteiger partial charge in [-0.3, -0.25) is 9.69 Å². The number of carbonyl (C=O) groups is 1. The van der Waals surface area contributed by atoms with Crippen LogP contribution in [0.15, 0.2) is 24.3 Å². The Kier molecular flexibility index (Phi) is 5.38. The fourth-order valence-corrected chi connectivity index (χ4v) is 2.40. The van der Waals surface area contributed by atoms with Gasteiger partial charge in [0.15, 0.2) is 0 Å². The minimum atomic E-state index is -0.378. The Balaban J connectivity index is 1.82. The molecule has 1 aliphatic heterocycles. The standard InChI is InChI=1S/C15H23N3O2/c1-2-20-12-11-17-7-9-18(10-8-17)14-5-3-13(4-6-14)15(16)19/h3-6H,2,7-12H2,1H3,(H2,16,19). The lowest BCUT2D eigenvalue weighted by Crippen LogP contribution is -2.47. The van der Waals surface area contributed by atoms with Gasteiger partial charge in [-0.05, 0) is 31.2 Å². The first-order valence-corrected chi connectivity index (χ1v) is 7.15. The highest BCUT2D eigenvalue weighted by molar-refractivity contribution is 5.93. The normalized spacial score (nSPS) is 16.4. The molecular weight excluding hydrogens is 254 g/mol. The molecule has 0 atom stereocenters. The number of ether oxygens (including phenoxy) is 1. The molecule has 110 valence electrons. The monoisotopic (exact) mass is 277 g/mol. The summed E-state index contributed by atoms with van der Waals surface area (Å²) in [6.45, 7) is 8.71. The lowest BCUT2D eigenvalue weighted by Gasteiger charge is -2.36. The highest BCUT2D eigenvalue weighted by Gasteiger charge is 2.16. The molecule has 1 saturated heterocycles. The van der Waals surface area contributed by atoms with E-state index in [4.69, 9.17) is 10.5 Å². The van der Waals surface area contributed by atoms with E-state index in [-0.39, 0.29) is 5.91 Å². The number of nitrogens with two attached hydrogens (primary N) is 1. The number of hydrogen-bond acceptors (Lipinski definition) is 4. The Morgan fingerprint density at radius 2 is 1.85 bits per heavy atom. The van der Waals surface area contributed by atoms with Gasteiger partial charge < -0.3 is 15.4 Å². The third-order valence-corrected chi connectivity index (χ3v) is 3.65. The zero-order valence-electron chi connectivity index (χ0n) is 12.0. The highest BCUT2D eigenvalue weighted by Crippen LogP contribution is 2.17. The second-order valence-corrected chi connectivity index (χ2v) is 4.94. The quantitative estimate of drug-likeness (QED) is 0.786. The van der Waals surface area contributed by atoms with Crippen molar-refractivity contribution in [3.8, 4) is 0 Å². The maximum atomic E-state index is 11.0. The van der Waals surface area contributed by atoms with Crippen LogP contribution >= 0.6 is 0 Å². The summed E-state index contributed by atoms with van der Waals surface area (Å²) in [5.74, 6) is -0.378. The molecule has 0 unspecified atom stereocenters. The van der Waals surface area contributed by atoms with Crippen molar-refractivity contribution < 1.29 is 9.53 Å². The average molecular weight is 277 g/mol. The van der Waals surface area contributed by atoms with Crippen molar-refractivity contribution in [2.45, 2.75) is 6.92 Å². The van der Waals surface area contributed by atoms with Gasteiger partial charge in [0.25, 0.3) is 0 Å². The van der Waals surface area contributed by atoms with E-state index in [1.807, 2.05) is 19.1 Å². The first-order chi connectivity index (χ1) is 9.70. The molecule has 0 aromatic heterocycles. The van der Waals surface area contributed by atoms with E-state index >= 15 is 0 Å². The van der Waals surface area contributed by atoms with Gasteiger partial charge in [-0.2, -0.15) is 0 Å². The van der Waals surface area contributed by atoms with E-state index in [1.165, 1.54) is 0 Å². The Labute approximate surface area is 120 Å². The number of anilines is 1. The van der Waals surface area contributed by atoms with Crippen LogP contribution in [0.2, 0.25) is 0 Å². The van der Waals surface area contributed by atoms with Crippen LogP contribution in [-0.4, -0.2) is 56.7 Å². The lowest BCUT2D eigenvalue weighted by atomic mass is 10.1. The van der Waals surface area contributed by atoms with Crippen LogP contribution in [0.4, 0.5) is 5.69 Å². The van der Waals surface area contributed by atoms with Gasteiger partial charge in [-0.15, -0.1) is 0 Å². The largest absolute Gasteiger partial charge is 0.380 e. The second kappa shape index (κ2) is 7.26. The molecule has 20 heavy (non-hydrogen) atoms. The number of benzene rings is 1. The molecule has 0 radical (unpaired) electrons. The molecule has 0 spiro atoms. The molecule has 1 fully saturated rings. The van der Waals surface area contributed by atoms with Gasteiger partial charge >= 0.3 is 0 Å². The number of piperazine rings is 1. The summed E-state index contributed by atoms with van der Waals surface area (Å²) in [6, 6.07) is 7.52. The van der Waals surface area contributed by atoms with Crippen molar-refractivity contribution in [1.82, 2.24) is 4.90 Å². The summed E-state index contributed by atoms with van der Waals surface area (Å²) in [7, 11) is 0. The van der Waals surface area contributed by atoms with E-state index in [1.54, 1.807) is 12.1 Å². The minimum Gasteiger partial charge on any atom is -0.380 e. The zero-order valence-corrected chi connectivity index (χ0v) is 12.0. The smallest absolute Gasteiger partial charge is 0.248 e. The van der Waals surface area contributed by atoms with Gasteiger partial charge in [0.2, 0.25) is 5.91 Å². The molecule has 1 aromatic carbocycles. The van der Waals surface area contributed by atoms with E-state index in [2.05, 4.69) is 9.80 Å². The van der Waals surface area contributed by atoms with Crippen molar-refractivity contribution in [3.63, 3.8) is 0 Å². The maximum absolute atomic E-state index is 11.0. The second-order valence-electron chi connectivity index (χ2n) is 4.94. The van der Waals surface area contributed by atoms with Gasteiger partial charge in [0.1, 0.15) is 0 Å². The number of carbonyl (C=O) groups excluding carboxylic acids is 1. The average Bonchev–Trinajstić information content (AvgIpc) is 2.48. The summed E-state index contributed by atoms with van der Waals surface area (Å²) >= 11 is 0. The van der Waals surface area contributed by atoms with Crippen LogP contribution in [-0.2, 0) is 4.74 Å². The molecule has 5 nitrogen and oxygen atoms in total. The predicted molar refractivity (Wildman–Crippen MR) is 80.1 cm³/mol. The third kappa shape index (κ3) is 3.95. The van der Waals surface area contributed by atoms with Crippen molar-refractivity contribution >= 4 is 11.6 Å². The van der Waals surface area contributed by atoms with E-state index in [9.17, 15) is 4.79 Å². The molecular formula is C15H23N3O2. The molecule has 1 aliphatic rings. The van der Waals surface area contributed by atoms with Crippen LogP contribution in [0.5, 0.6) is 0 Å². The number of amides is 1. The van der Waals surface area contributed by atoms with Gasteiger partial charge in [0.05, 0.1) is 6.61 Å². The first-order valence-electron chi connectivity index (χ1n) is 7.15. The number of rotatable bonds is 6. The van der Waals surface area contributed by atoms with Crippen LogP contribution < -0.4 is 10.6 Å². The number of primary amides is 1. The molecule has 2 N–H and O–H groups in total. The van der Waals surface area contributed by atoms with Crippen molar-refractivity contribution in [2.75, 3.05) is 50.8 Å². The van der Waals surface area contributed by atoms with Gasteiger partial charge in [-0.1, -0.05) is 0 Å². The Morgan fingerprint density at radius 3 is 2.40 bits per heavy atom. The molecule has 2 rings (SSSR count). The van der Waals surface area contributed by atoms with Gasteiger partial charge in [-0.25, -0.2) is 0 Å². The van der Waals surface area contributed by atoms with E-state index < -0.39 is 0 Å². The van der Waals surface area contributed by atoms with Crippen LogP contribution in [0.25, 0.3) is 0 Å². The summed E-state index contributed by atoms with van der Waals surface area (Å²) in [4.78, 5) is 15.8. The third-order valence-electron chi connectivity index (χ3n) is 3.65. The van der Waals surface area contributed by atoms with Crippen LogP contribution in [0.1, 0.15) is 17.3 Å². The topological polar surface area (TPSA) is 58.8 Å². The number of nitrogens with zero attached hydrogens (tertiary/aromatic N) is 2. The van der Waals surface area contributed by atoms with Crippen molar-refractivity contribution in [3.05, 3.63) is 29.8 Å². The van der Waals surface area contributed by atoms with E-state index in [0.29, 0.717) is 5.56 Å². The molecule has 0 aliphatic carbocycles. The van der Waals surface area contributed by atoms with Crippen LogP contribution in [0, 0.1) is 0 Å². The Bertz CT molecular complexity index is 425. The zero-order chi connectivity index (χ0) is 14.4. The Morgan fingerprint density at radius 1 is 1.20 bits per heavy atom.